The molecule has 1 N–H and O–H groups in total. The van der Waals surface area contributed by atoms with Gasteiger partial charge in [0.25, 0.3) is 6.01 Å². The van der Waals surface area contributed by atoms with Gasteiger partial charge in [-0.1, -0.05) is 20.8 Å². The summed E-state index contributed by atoms with van der Waals surface area (Å²) in [5.41, 5.74) is 0.993. The zero-order valence-electron chi connectivity index (χ0n) is 11.1. The van der Waals surface area contributed by atoms with Gasteiger partial charge in [0.1, 0.15) is 6.26 Å². The second-order valence-electron chi connectivity index (χ2n) is 5.35. The maximum atomic E-state index is 5.56. The molecule has 1 unspecified atom stereocenters. The minimum atomic E-state index is 0.477. The zero-order chi connectivity index (χ0) is 12.3. The summed E-state index contributed by atoms with van der Waals surface area (Å²) in [7, 11) is 0. The summed E-state index contributed by atoms with van der Waals surface area (Å²) in [4.78, 5) is 6.79. The van der Waals surface area contributed by atoms with Gasteiger partial charge in [-0.3, -0.25) is 0 Å². The van der Waals surface area contributed by atoms with E-state index in [4.69, 9.17) is 4.42 Å². The summed E-state index contributed by atoms with van der Waals surface area (Å²) in [6.07, 6.45) is 4.33. The largest absolute Gasteiger partial charge is 0.432 e. The highest BCUT2D eigenvalue weighted by Crippen LogP contribution is 2.22. The number of aromatic nitrogens is 1. The number of hydrogen-bond donors (Lipinski definition) is 1. The fourth-order valence-electron chi connectivity index (χ4n) is 2.19. The van der Waals surface area contributed by atoms with Crippen molar-refractivity contribution in [3.63, 3.8) is 0 Å². The van der Waals surface area contributed by atoms with Crippen LogP contribution < -0.4 is 10.2 Å². The molecule has 1 aliphatic rings. The highest BCUT2D eigenvalue weighted by Gasteiger charge is 2.20. The molecule has 2 rings (SSSR count). The van der Waals surface area contributed by atoms with E-state index in [1.54, 1.807) is 6.26 Å². The van der Waals surface area contributed by atoms with Crippen LogP contribution in [-0.4, -0.2) is 24.1 Å². The Morgan fingerprint density at radius 3 is 3.12 bits per heavy atom. The fraction of sp³-hybridized carbons (Fsp3) is 0.769. The monoisotopic (exact) mass is 237 g/mol. The maximum Gasteiger partial charge on any atom is 0.297 e. The SMILES string of the molecule is CC1CCCN(c2nc(CNC(C)C)co2)C1. The van der Waals surface area contributed by atoms with Gasteiger partial charge in [-0.25, -0.2) is 0 Å². The molecule has 1 aromatic heterocycles. The van der Waals surface area contributed by atoms with Gasteiger partial charge in [-0.05, 0) is 18.8 Å². The van der Waals surface area contributed by atoms with Crippen LogP contribution in [-0.2, 0) is 6.54 Å². The lowest BCUT2D eigenvalue weighted by molar-refractivity contribution is 0.416. The van der Waals surface area contributed by atoms with Gasteiger partial charge in [0.2, 0.25) is 0 Å². The van der Waals surface area contributed by atoms with Gasteiger partial charge in [-0.2, -0.15) is 4.98 Å². The van der Waals surface area contributed by atoms with Crippen LogP contribution in [0.2, 0.25) is 0 Å². The first-order valence-corrected chi connectivity index (χ1v) is 6.58. The van der Waals surface area contributed by atoms with Crippen LogP contribution in [0.5, 0.6) is 0 Å². The number of nitrogens with one attached hydrogen (secondary N) is 1. The van der Waals surface area contributed by atoms with Crippen LogP contribution in [0.15, 0.2) is 10.7 Å². The molecule has 4 nitrogen and oxygen atoms in total. The molecule has 0 amide bonds. The van der Waals surface area contributed by atoms with E-state index in [2.05, 4.69) is 36.0 Å². The number of anilines is 1. The van der Waals surface area contributed by atoms with Crippen molar-refractivity contribution in [3.05, 3.63) is 12.0 Å². The Kier molecular flexibility index (Phi) is 4.05. The van der Waals surface area contributed by atoms with Crippen LogP contribution in [0.4, 0.5) is 6.01 Å². The van der Waals surface area contributed by atoms with Crippen molar-refractivity contribution in [2.75, 3.05) is 18.0 Å². The first-order chi connectivity index (χ1) is 8.15. The van der Waals surface area contributed by atoms with Crippen molar-refractivity contribution >= 4 is 6.01 Å². The van der Waals surface area contributed by atoms with E-state index < -0.39 is 0 Å². The molecule has 1 fully saturated rings. The van der Waals surface area contributed by atoms with Crippen molar-refractivity contribution in [2.45, 2.75) is 46.2 Å². The topological polar surface area (TPSA) is 41.3 Å². The summed E-state index contributed by atoms with van der Waals surface area (Å²) in [6, 6.07) is 1.27. The Morgan fingerprint density at radius 1 is 1.59 bits per heavy atom. The summed E-state index contributed by atoms with van der Waals surface area (Å²) in [6.45, 7) is 9.47. The highest BCUT2D eigenvalue weighted by molar-refractivity contribution is 5.27. The molecular formula is C13H23N3O. The molecule has 4 heteroatoms. The third kappa shape index (κ3) is 3.46. The van der Waals surface area contributed by atoms with E-state index in [0.29, 0.717) is 6.04 Å². The Balaban J connectivity index is 1.92. The molecule has 1 aliphatic heterocycles. The van der Waals surface area contributed by atoms with Gasteiger partial charge >= 0.3 is 0 Å². The molecular weight excluding hydrogens is 214 g/mol. The number of rotatable bonds is 4. The number of nitrogens with zero attached hydrogens (tertiary/aromatic N) is 2. The Morgan fingerprint density at radius 2 is 2.41 bits per heavy atom. The molecule has 0 saturated carbocycles. The standard InChI is InChI=1S/C13H23N3O/c1-10(2)14-7-12-9-17-13(15-12)16-6-4-5-11(3)8-16/h9-11,14H,4-8H2,1-3H3. The van der Waals surface area contributed by atoms with Crippen LogP contribution in [0.1, 0.15) is 39.3 Å². The van der Waals surface area contributed by atoms with Gasteiger partial charge in [0.15, 0.2) is 0 Å². The first-order valence-electron chi connectivity index (χ1n) is 6.58. The van der Waals surface area contributed by atoms with E-state index in [-0.39, 0.29) is 0 Å². The van der Waals surface area contributed by atoms with Crippen molar-refractivity contribution in [3.8, 4) is 0 Å². The minimum absolute atomic E-state index is 0.477. The van der Waals surface area contributed by atoms with E-state index >= 15 is 0 Å². The minimum Gasteiger partial charge on any atom is -0.432 e. The average molecular weight is 237 g/mol. The van der Waals surface area contributed by atoms with Crippen LogP contribution in [0.25, 0.3) is 0 Å². The lowest BCUT2D eigenvalue weighted by Gasteiger charge is -2.29. The van der Waals surface area contributed by atoms with Crippen LogP contribution >= 0.6 is 0 Å². The van der Waals surface area contributed by atoms with Crippen LogP contribution in [0, 0.1) is 5.92 Å². The van der Waals surface area contributed by atoms with Gasteiger partial charge in [0, 0.05) is 25.7 Å². The Hall–Kier alpha value is -1.03. The average Bonchev–Trinajstić information content (AvgIpc) is 2.75. The third-order valence-electron chi connectivity index (χ3n) is 3.16. The van der Waals surface area contributed by atoms with Crippen molar-refractivity contribution in [2.24, 2.45) is 5.92 Å². The lowest BCUT2D eigenvalue weighted by Crippen LogP contribution is -2.34. The summed E-state index contributed by atoms with van der Waals surface area (Å²) >= 11 is 0. The Bertz CT molecular complexity index is 348. The molecule has 96 valence electrons. The molecule has 0 spiro atoms. The van der Waals surface area contributed by atoms with Gasteiger partial charge in [-0.15, -0.1) is 0 Å². The normalized spacial score (nSPS) is 21.2. The molecule has 1 saturated heterocycles. The lowest BCUT2D eigenvalue weighted by atomic mass is 10.0. The first kappa shape index (κ1) is 12.4. The van der Waals surface area contributed by atoms with E-state index in [1.807, 2.05) is 0 Å². The number of hydrogen-bond acceptors (Lipinski definition) is 4. The third-order valence-corrected chi connectivity index (χ3v) is 3.16. The molecule has 1 atom stereocenters. The predicted octanol–water partition coefficient (Wildman–Crippen LogP) is 2.41. The van der Waals surface area contributed by atoms with Gasteiger partial charge < -0.3 is 14.6 Å². The van der Waals surface area contributed by atoms with E-state index in [1.165, 1.54) is 12.8 Å². The van der Waals surface area contributed by atoms with E-state index in [9.17, 15) is 0 Å². The zero-order valence-corrected chi connectivity index (χ0v) is 11.1. The molecule has 17 heavy (non-hydrogen) atoms. The number of piperidine rings is 1. The fourth-order valence-corrected chi connectivity index (χ4v) is 2.19. The smallest absolute Gasteiger partial charge is 0.297 e. The van der Waals surface area contributed by atoms with Crippen LogP contribution in [0.3, 0.4) is 0 Å². The molecule has 1 aromatic rings. The molecule has 0 radical (unpaired) electrons. The quantitative estimate of drug-likeness (QED) is 0.873. The van der Waals surface area contributed by atoms with Gasteiger partial charge in [0.05, 0.1) is 5.69 Å². The van der Waals surface area contributed by atoms with E-state index in [0.717, 1.165) is 37.3 Å². The highest BCUT2D eigenvalue weighted by atomic mass is 16.4. The summed E-state index contributed by atoms with van der Waals surface area (Å²) in [5.74, 6) is 0.743. The summed E-state index contributed by atoms with van der Waals surface area (Å²) in [5, 5.41) is 3.35. The number of oxazole rings is 1. The second-order valence-corrected chi connectivity index (χ2v) is 5.35. The Labute approximate surface area is 103 Å². The molecule has 0 bridgehead atoms. The predicted molar refractivity (Wildman–Crippen MR) is 69.1 cm³/mol. The van der Waals surface area contributed by atoms with Crippen molar-refractivity contribution < 1.29 is 4.42 Å². The van der Waals surface area contributed by atoms with Crippen molar-refractivity contribution in [1.82, 2.24) is 10.3 Å². The summed E-state index contributed by atoms with van der Waals surface area (Å²) < 4.78 is 5.56. The molecule has 0 aromatic carbocycles. The maximum absolute atomic E-state index is 5.56. The molecule has 0 aliphatic carbocycles. The molecule has 2 heterocycles. The van der Waals surface area contributed by atoms with Crippen molar-refractivity contribution in [1.29, 1.82) is 0 Å². The second kappa shape index (κ2) is 5.54.